The lowest BCUT2D eigenvalue weighted by Crippen LogP contribution is -2.32. The lowest BCUT2D eigenvalue weighted by Gasteiger charge is -2.19. The third-order valence-corrected chi connectivity index (χ3v) is 4.90. The first-order chi connectivity index (χ1) is 15.2. The average Bonchev–Trinajstić information content (AvgIpc) is 3.30. The molecule has 1 heterocycles. The molecule has 0 bridgehead atoms. The van der Waals surface area contributed by atoms with Gasteiger partial charge in [0.1, 0.15) is 5.75 Å². The van der Waals surface area contributed by atoms with E-state index in [-0.39, 0.29) is 5.91 Å². The van der Waals surface area contributed by atoms with Crippen LogP contribution in [0.25, 0.3) is 22.9 Å². The lowest BCUT2D eigenvalue weighted by atomic mass is 10.1. The molecule has 0 aliphatic carbocycles. The number of nitrogens with one attached hydrogen (secondary N) is 1. The Kier molecular flexibility index (Phi) is 6.08. The summed E-state index contributed by atoms with van der Waals surface area (Å²) in [7, 11) is 0. The normalized spacial score (nSPS) is 11.7. The summed E-state index contributed by atoms with van der Waals surface area (Å²) in [6.45, 7) is 3.86. The summed E-state index contributed by atoms with van der Waals surface area (Å²) < 4.78 is 12.0. The third kappa shape index (κ3) is 4.64. The largest absolute Gasteiger partial charge is 0.480 e. The molecular weight excluding hydrogens is 390 g/mol. The number of rotatable bonds is 7. The van der Waals surface area contributed by atoms with Gasteiger partial charge in [0, 0.05) is 11.3 Å². The minimum Gasteiger partial charge on any atom is -0.480 e. The summed E-state index contributed by atoms with van der Waals surface area (Å²) in [6, 6.07) is 24.6. The summed E-state index contributed by atoms with van der Waals surface area (Å²) in [5, 5.41) is 11.3. The molecule has 1 unspecified atom stereocenters. The summed E-state index contributed by atoms with van der Waals surface area (Å²) in [5.74, 6) is 1.07. The number of carbonyl (C=O) groups is 1. The van der Waals surface area contributed by atoms with E-state index in [4.69, 9.17) is 9.15 Å². The van der Waals surface area contributed by atoms with Gasteiger partial charge >= 0.3 is 0 Å². The Morgan fingerprint density at radius 3 is 2.39 bits per heavy atom. The van der Waals surface area contributed by atoms with E-state index < -0.39 is 6.10 Å². The Morgan fingerprint density at radius 2 is 1.61 bits per heavy atom. The first-order valence-electron chi connectivity index (χ1n) is 10.2. The van der Waals surface area contributed by atoms with E-state index >= 15 is 0 Å². The molecule has 156 valence electrons. The molecule has 0 saturated carbocycles. The summed E-state index contributed by atoms with van der Waals surface area (Å²) in [6.07, 6.45) is -0.164. The van der Waals surface area contributed by atoms with Gasteiger partial charge in [-0.3, -0.25) is 4.79 Å². The second kappa shape index (κ2) is 9.26. The summed E-state index contributed by atoms with van der Waals surface area (Å²) in [5.41, 5.74) is 3.24. The summed E-state index contributed by atoms with van der Waals surface area (Å²) >= 11 is 0. The number of carbonyl (C=O) groups excluding carboxylic acids is 1. The van der Waals surface area contributed by atoms with Crippen LogP contribution in [-0.4, -0.2) is 22.2 Å². The van der Waals surface area contributed by atoms with Gasteiger partial charge in [-0.2, -0.15) is 0 Å². The van der Waals surface area contributed by atoms with Crippen LogP contribution in [-0.2, 0) is 4.79 Å². The molecule has 31 heavy (non-hydrogen) atoms. The molecule has 0 aliphatic heterocycles. The lowest BCUT2D eigenvalue weighted by molar-refractivity contribution is -0.122. The Hall–Kier alpha value is -3.93. The Labute approximate surface area is 180 Å². The van der Waals surface area contributed by atoms with Crippen LogP contribution >= 0.6 is 0 Å². The Balaban J connectivity index is 1.56. The first-order valence-corrected chi connectivity index (χ1v) is 10.2. The van der Waals surface area contributed by atoms with E-state index in [1.165, 1.54) is 0 Å². The van der Waals surface area contributed by atoms with E-state index in [0.29, 0.717) is 29.5 Å². The van der Waals surface area contributed by atoms with Gasteiger partial charge in [0.15, 0.2) is 6.10 Å². The van der Waals surface area contributed by atoms with Gasteiger partial charge in [0.05, 0.1) is 5.56 Å². The topological polar surface area (TPSA) is 77.2 Å². The van der Waals surface area contributed by atoms with Crippen LogP contribution in [0, 0.1) is 6.92 Å². The standard InChI is InChI=1S/C25H23N3O3/c1-3-21(23(29)26-20-15-9-7-11-17(20)2)30-22-16-10-8-14-19(22)25-28-27-24(31-25)18-12-5-4-6-13-18/h4-16,21H,3H2,1-2H3,(H,26,29). The van der Waals surface area contributed by atoms with Crippen LogP contribution < -0.4 is 10.1 Å². The Bertz CT molecular complexity index is 1170. The highest BCUT2D eigenvalue weighted by Crippen LogP contribution is 2.32. The van der Waals surface area contributed by atoms with E-state index in [0.717, 1.165) is 16.8 Å². The van der Waals surface area contributed by atoms with Gasteiger partial charge in [-0.1, -0.05) is 55.5 Å². The number of benzene rings is 3. The zero-order valence-corrected chi connectivity index (χ0v) is 17.4. The molecule has 0 radical (unpaired) electrons. The molecule has 3 aromatic carbocycles. The fourth-order valence-electron chi connectivity index (χ4n) is 3.18. The number of para-hydroxylation sites is 2. The molecule has 0 saturated heterocycles. The van der Waals surface area contributed by atoms with Crippen LogP contribution in [0.3, 0.4) is 0 Å². The molecule has 0 spiro atoms. The predicted octanol–water partition coefficient (Wildman–Crippen LogP) is 5.51. The number of hydrogen-bond acceptors (Lipinski definition) is 5. The van der Waals surface area contributed by atoms with Crippen molar-refractivity contribution in [3.63, 3.8) is 0 Å². The maximum absolute atomic E-state index is 12.8. The highest BCUT2D eigenvalue weighted by molar-refractivity contribution is 5.95. The van der Waals surface area contributed by atoms with Gasteiger partial charge in [0.2, 0.25) is 5.89 Å². The van der Waals surface area contributed by atoms with Crippen molar-refractivity contribution >= 4 is 11.6 Å². The minimum absolute atomic E-state index is 0.206. The van der Waals surface area contributed by atoms with E-state index in [2.05, 4.69) is 15.5 Å². The van der Waals surface area contributed by atoms with Crippen molar-refractivity contribution in [3.8, 4) is 28.7 Å². The zero-order valence-electron chi connectivity index (χ0n) is 17.4. The summed E-state index contributed by atoms with van der Waals surface area (Å²) in [4.78, 5) is 12.8. The van der Waals surface area contributed by atoms with Crippen LogP contribution in [0.1, 0.15) is 18.9 Å². The second-order valence-corrected chi connectivity index (χ2v) is 7.09. The SMILES string of the molecule is CCC(Oc1ccccc1-c1nnc(-c2ccccc2)o1)C(=O)Nc1ccccc1C. The van der Waals surface area contributed by atoms with Crippen molar-refractivity contribution in [2.45, 2.75) is 26.4 Å². The molecular formula is C25H23N3O3. The fourth-order valence-corrected chi connectivity index (χ4v) is 3.18. The minimum atomic E-state index is -0.669. The first kappa shape index (κ1) is 20.3. The van der Waals surface area contributed by atoms with Crippen LogP contribution in [0.5, 0.6) is 5.75 Å². The van der Waals surface area contributed by atoms with Crippen LogP contribution in [0.4, 0.5) is 5.69 Å². The molecule has 1 aromatic heterocycles. The van der Waals surface area contributed by atoms with Crippen molar-refractivity contribution in [3.05, 3.63) is 84.4 Å². The van der Waals surface area contributed by atoms with E-state index in [9.17, 15) is 4.79 Å². The van der Waals surface area contributed by atoms with Gasteiger partial charge in [-0.05, 0) is 49.2 Å². The number of aryl methyl sites for hydroxylation is 1. The van der Waals surface area contributed by atoms with Gasteiger partial charge in [0.25, 0.3) is 11.8 Å². The smallest absolute Gasteiger partial charge is 0.265 e. The molecule has 1 amide bonds. The van der Waals surface area contributed by atoms with E-state index in [1.807, 2.05) is 86.6 Å². The van der Waals surface area contributed by atoms with Gasteiger partial charge < -0.3 is 14.5 Å². The predicted molar refractivity (Wildman–Crippen MR) is 120 cm³/mol. The number of aromatic nitrogens is 2. The number of anilines is 1. The molecule has 6 nitrogen and oxygen atoms in total. The highest BCUT2D eigenvalue weighted by atomic mass is 16.5. The molecule has 0 fully saturated rings. The third-order valence-electron chi connectivity index (χ3n) is 4.90. The number of amides is 1. The van der Waals surface area contributed by atoms with Crippen LogP contribution in [0.15, 0.2) is 83.3 Å². The quantitative estimate of drug-likeness (QED) is 0.432. The van der Waals surface area contributed by atoms with Crippen LogP contribution in [0.2, 0.25) is 0 Å². The fraction of sp³-hybridized carbons (Fsp3) is 0.160. The van der Waals surface area contributed by atoms with Crippen molar-refractivity contribution in [2.24, 2.45) is 0 Å². The molecule has 4 rings (SSSR count). The number of nitrogens with zero attached hydrogens (tertiary/aromatic N) is 2. The molecule has 6 heteroatoms. The number of hydrogen-bond donors (Lipinski definition) is 1. The van der Waals surface area contributed by atoms with Gasteiger partial charge in [-0.15, -0.1) is 10.2 Å². The van der Waals surface area contributed by atoms with Gasteiger partial charge in [-0.25, -0.2) is 0 Å². The highest BCUT2D eigenvalue weighted by Gasteiger charge is 2.22. The molecule has 1 N–H and O–H groups in total. The second-order valence-electron chi connectivity index (χ2n) is 7.09. The average molecular weight is 413 g/mol. The molecule has 0 aliphatic rings. The zero-order chi connectivity index (χ0) is 21.6. The monoisotopic (exact) mass is 413 g/mol. The maximum atomic E-state index is 12.8. The Morgan fingerprint density at radius 1 is 0.935 bits per heavy atom. The van der Waals surface area contributed by atoms with Crippen molar-refractivity contribution in [1.82, 2.24) is 10.2 Å². The molecule has 1 atom stereocenters. The van der Waals surface area contributed by atoms with Crippen molar-refractivity contribution < 1.29 is 13.9 Å². The maximum Gasteiger partial charge on any atom is 0.265 e. The molecule has 4 aromatic rings. The van der Waals surface area contributed by atoms with Crippen molar-refractivity contribution in [2.75, 3.05) is 5.32 Å². The van der Waals surface area contributed by atoms with Crippen molar-refractivity contribution in [1.29, 1.82) is 0 Å². The van der Waals surface area contributed by atoms with E-state index in [1.54, 1.807) is 6.07 Å². The number of ether oxygens (including phenoxy) is 1.